The normalized spacial score (nSPS) is 50.9. The fourth-order valence-corrected chi connectivity index (χ4v) is 17.2. The monoisotopic (exact) mass is 1230 g/mol. The second-order valence-electron chi connectivity index (χ2n) is 27.6. The van der Waals surface area contributed by atoms with Crippen molar-refractivity contribution in [2.75, 3.05) is 26.4 Å². The van der Waals surface area contributed by atoms with E-state index in [1.54, 1.807) is 19.9 Å². The highest BCUT2D eigenvalue weighted by Gasteiger charge is 2.76. The highest BCUT2D eigenvalue weighted by molar-refractivity contribution is 5.87. The number of fused-ring (bicyclic) bond motifs is 7. The lowest BCUT2D eigenvalue weighted by molar-refractivity contribution is -0.399. The largest absolute Gasteiger partial charge is 0.479 e. The number of ether oxygens (including phenoxy) is 10. The van der Waals surface area contributed by atoms with Crippen LogP contribution in [0.1, 0.15) is 108 Å². The van der Waals surface area contributed by atoms with Crippen LogP contribution in [0, 0.1) is 50.2 Å². The first-order valence-corrected chi connectivity index (χ1v) is 29.9. The number of carboxylic acids is 1. The molecule has 0 radical (unpaired) electrons. The van der Waals surface area contributed by atoms with E-state index in [0.29, 0.717) is 31.3 Å². The zero-order valence-corrected chi connectivity index (χ0v) is 50.3. The second kappa shape index (κ2) is 24.6. The number of aliphatic hydroxyl groups excluding tert-OH is 13. The molecule has 4 aliphatic heterocycles. The first-order chi connectivity index (χ1) is 40.1. The smallest absolute Gasteiger partial charge is 0.335 e. The molecule has 27 nitrogen and oxygen atoms in total. The molecule has 30 atom stereocenters. The van der Waals surface area contributed by atoms with Crippen molar-refractivity contribution in [1.29, 1.82) is 0 Å². The van der Waals surface area contributed by atoms with Crippen molar-refractivity contribution >= 4 is 17.9 Å². The van der Waals surface area contributed by atoms with Crippen LogP contribution < -0.4 is 0 Å². The van der Waals surface area contributed by atoms with Gasteiger partial charge in [-0.3, -0.25) is 4.79 Å². The van der Waals surface area contributed by atoms with Crippen LogP contribution in [0.5, 0.6) is 0 Å². The predicted octanol–water partition coefficient (Wildman–Crippen LogP) is -2.22. The zero-order chi connectivity index (χ0) is 63.5. The number of allylic oxidation sites excluding steroid dienone is 2. The molecule has 4 saturated heterocycles. The summed E-state index contributed by atoms with van der Waals surface area (Å²) in [6.45, 7) is 15.7. The SMILES string of the molecule is CC=C(C)C(=O)OC1C(OC(C)=O)C2(CO)C(CC1(C)C)C1=CCC3C4(C)CCC(OC5OC(C(=O)O)C(O)C(OC6OCC(O)C(O)C6OC6OCC(O)C(O)C6O)C5OC5OC(CO)C(O)C(O)C5O)C(C)(C)C4CCC3(C)C1(C)C(O)C2O. The van der Waals surface area contributed by atoms with Crippen molar-refractivity contribution in [3.05, 3.63) is 23.3 Å². The summed E-state index contributed by atoms with van der Waals surface area (Å²) in [6, 6.07) is 0. The van der Waals surface area contributed by atoms with Gasteiger partial charge in [-0.25, -0.2) is 9.59 Å². The Kier molecular flexibility index (Phi) is 19.3. The highest BCUT2D eigenvalue weighted by Crippen LogP contribution is 2.76. The minimum Gasteiger partial charge on any atom is -0.479 e. The number of rotatable bonds is 14. The summed E-state index contributed by atoms with van der Waals surface area (Å²) in [4.78, 5) is 39.7. The number of carbonyl (C=O) groups excluding carboxylic acids is 2. The average molecular weight is 1230 g/mol. The third-order valence-electron chi connectivity index (χ3n) is 22.3. The molecule has 9 aliphatic rings. The van der Waals surface area contributed by atoms with Gasteiger partial charge in [0, 0.05) is 23.3 Å². The van der Waals surface area contributed by atoms with E-state index in [2.05, 4.69) is 19.9 Å². The summed E-state index contributed by atoms with van der Waals surface area (Å²) in [5, 5.41) is 157. The van der Waals surface area contributed by atoms with Gasteiger partial charge in [0.15, 0.2) is 37.4 Å². The van der Waals surface area contributed by atoms with E-state index in [1.165, 1.54) is 6.92 Å². The quantitative estimate of drug-likeness (QED) is 0.0379. The Hall–Kier alpha value is -2.95. The summed E-state index contributed by atoms with van der Waals surface area (Å²) >= 11 is 0. The van der Waals surface area contributed by atoms with E-state index in [9.17, 15) is 85.9 Å². The molecule has 0 amide bonds. The Morgan fingerprint density at radius 2 is 1.26 bits per heavy atom. The lowest BCUT2D eigenvalue weighted by Gasteiger charge is -2.73. The molecule has 9 rings (SSSR count). The van der Waals surface area contributed by atoms with Crippen molar-refractivity contribution in [2.45, 2.75) is 249 Å². The summed E-state index contributed by atoms with van der Waals surface area (Å²) in [5.74, 6) is -4.16. The molecule has 14 N–H and O–H groups in total. The van der Waals surface area contributed by atoms with Crippen LogP contribution in [0.4, 0.5) is 0 Å². The van der Waals surface area contributed by atoms with Crippen LogP contribution >= 0.6 is 0 Å². The average Bonchev–Trinajstić information content (AvgIpc) is 0.667. The van der Waals surface area contributed by atoms with E-state index in [1.807, 2.05) is 34.6 Å². The predicted molar refractivity (Wildman–Crippen MR) is 290 cm³/mol. The highest BCUT2D eigenvalue weighted by atomic mass is 16.8. The van der Waals surface area contributed by atoms with Crippen molar-refractivity contribution in [3.63, 3.8) is 0 Å². The maximum absolute atomic E-state index is 13.5. The molecule has 5 aliphatic carbocycles. The third-order valence-corrected chi connectivity index (χ3v) is 22.3. The minimum atomic E-state index is -2.23. The molecule has 0 aromatic carbocycles. The zero-order valence-electron chi connectivity index (χ0n) is 50.3. The van der Waals surface area contributed by atoms with Gasteiger partial charge in [0.2, 0.25) is 0 Å². The number of aliphatic hydroxyl groups is 13. The van der Waals surface area contributed by atoms with Crippen molar-refractivity contribution in [2.24, 2.45) is 50.2 Å². The van der Waals surface area contributed by atoms with Crippen LogP contribution in [0.25, 0.3) is 0 Å². The summed E-state index contributed by atoms with van der Waals surface area (Å²) < 4.78 is 60.7. The molecule has 8 fully saturated rings. The lowest BCUT2D eigenvalue weighted by atomic mass is 9.32. The number of hydrogen-bond donors (Lipinski definition) is 14. The van der Waals surface area contributed by atoms with Gasteiger partial charge >= 0.3 is 17.9 Å². The fourth-order valence-electron chi connectivity index (χ4n) is 17.2. The van der Waals surface area contributed by atoms with Crippen molar-refractivity contribution < 1.29 is 133 Å². The van der Waals surface area contributed by atoms with Gasteiger partial charge in [-0.15, -0.1) is 0 Å². The topological polar surface area (TPSA) is 427 Å². The Balaban J connectivity index is 1.05. The molecule has 86 heavy (non-hydrogen) atoms. The van der Waals surface area contributed by atoms with Crippen LogP contribution in [-0.2, 0) is 61.8 Å². The van der Waals surface area contributed by atoms with E-state index >= 15 is 0 Å². The molecule has 4 heterocycles. The van der Waals surface area contributed by atoms with Crippen LogP contribution in [0.2, 0.25) is 0 Å². The van der Waals surface area contributed by atoms with Gasteiger partial charge in [0.1, 0.15) is 85.5 Å². The van der Waals surface area contributed by atoms with Gasteiger partial charge in [0.05, 0.1) is 50.2 Å². The van der Waals surface area contributed by atoms with Gasteiger partial charge in [0.25, 0.3) is 0 Å². The number of carbonyl (C=O) groups is 3. The molecule has 0 aromatic heterocycles. The fraction of sp³-hybridized carbons (Fsp3) is 0.881. The van der Waals surface area contributed by atoms with E-state index in [-0.39, 0.29) is 24.7 Å². The van der Waals surface area contributed by atoms with E-state index < -0.39 is 224 Å². The number of esters is 2. The van der Waals surface area contributed by atoms with Crippen LogP contribution in [0.15, 0.2) is 23.3 Å². The number of hydrogen-bond acceptors (Lipinski definition) is 26. The Bertz CT molecular complexity index is 2530. The van der Waals surface area contributed by atoms with Gasteiger partial charge in [-0.2, -0.15) is 0 Å². The maximum Gasteiger partial charge on any atom is 0.335 e. The first-order valence-electron chi connectivity index (χ1n) is 29.9. The molecular weight excluding hydrogens is 1140 g/mol. The lowest BCUT2D eigenvalue weighted by Crippen LogP contribution is -2.76. The third kappa shape index (κ3) is 10.8. The number of aliphatic carboxylic acids is 1. The summed E-state index contributed by atoms with van der Waals surface area (Å²) in [7, 11) is 0. The van der Waals surface area contributed by atoms with Crippen molar-refractivity contribution in [3.8, 4) is 0 Å². The molecular formula is C59H92O27. The molecule has 30 unspecified atom stereocenters. The summed E-state index contributed by atoms with van der Waals surface area (Å²) in [5.41, 5.74) is -4.81. The van der Waals surface area contributed by atoms with E-state index in [0.717, 1.165) is 5.57 Å². The molecule has 4 saturated carbocycles. The van der Waals surface area contributed by atoms with Gasteiger partial charge in [-0.05, 0) is 86.4 Å². The maximum atomic E-state index is 13.5. The number of carboxylic acid groups (broad SMARTS) is 1. The summed E-state index contributed by atoms with van der Waals surface area (Å²) in [6.07, 6.45) is -34.3. The van der Waals surface area contributed by atoms with Gasteiger partial charge in [-0.1, -0.05) is 66.2 Å². The van der Waals surface area contributed by atoms with Crippen molar-refractivity contribution in [1.82, 2.24) is 0 Å². The standard InChI is InChI=1S/C59H92O27/c1-11-23(2)49(76)86-46-47(79-24(3)62)59(22-61)26(18-54(46,4)5)25-12-13-31-56(8)16-15-32(55(6,7)30(56)14-17-57(31,9)58(25,10)44(72)45(59)73)81-53-43(85-51-38(70)36(68)35(67)29(19-60)80-51)40(39(71)41(83-53)48(74)75)82-52-42(34(66)28(64)21-78-52)84-50-37(69)33(65)27(63)20-77-50/h11-12,26-47,50-53,60-61,63-73H,13-22H2,1-10H3,(H,74,75). The Morgan fingerprint density at radius 1 is 0.640 bits per heavy atom. The minimum absolute atomic E-state index is 0.185. The Morgan fingerprint density at radius 3 is 1.87 bits per heavy atom. The van der Waals surface area contributed by atoms with E-state index in [4.69, 9.17) is 47.4 Å². The molecule has 27 heteroatoms. The van der Waals surface area contributed by atoms with Gasteiger partial charge < -0.3 is 119 Å². The molecule has 0 spiro atoms. The first kappa shape index (κ1) is 67.4. The second-order valence-corrected chi connectivity index (χ2v) is 27.6. The molecule has 0 bridgehead atoms. The Labute approximate surface area is 498 Å². The molecule has 0 aromatic rings. The van der Waals surface area contributed by atoms with Crippen LogP contribution in [0.3, 0.4) is 0 Å². The molecule has 490 valence electrons. The van der Waals surface area contributed by atoms with Crippen LogP contribution in [-0.4, -0.2) is 257 Å².